The van der Waals surface area contributed by atoms with E-state index in [1.165, 1.54) is 0 Å². The molecule has 0 aliphatic rings. The van der Waals surface area contributed by atoms with Crippen LogP contribution < -0.4 is 5.32 Å². The van der Waals surface area contributed by atoms with Gasteiger partial charge in [-0.1, -0.05) is 13.8 Å². The Balaban J connectivity index is 2.13. The van der Waals surface area contributed by atoms with Crippen molar-refractivity contribution in [3.05, 3.63) is 10.0 Å². The van der Waals surface area contributed by atoms with Crippen LogP contribution in [0.15, 0.2) is 0 Å². The van der Waals surface area contributed by atoms with Crippen LogP contribution in [0, 0.1) is 12.8 Å². The van der Waals surface area contributed by atoms with Gasteiger partial charge in [-0.05, 0) is 19.4 Å². The van der Waals surface area contributed by atoms with E-state index >= 15 is 0 Å². The Morgan fingerprint density at radius 3 is 2.69 bits per heavy atom. The zero-order chi connectivity index (χ0) is 9.68. The van der Waals surface area contributed by atoms with E-state index in [0.717, 1.165) is 35.4 Å². The van der Waals surface area contributed by atoms with Gasteiger partial charge in [0, 0.05) is 13.0 Å². The summed E-state index contributed by atoms with van der Waals surface area (Å²) in [5, 5.41) is 13.6. The van der Waals surface area contributed by atoms with Crippen LogP contribution in [0.5, 0.6) is 0 Å². The minimum Gasteiger partial charge on any atom is -0.316 e. The highest BCUT2D eigenvalue weighted by molar-refractivity contribution is 7.11. The predicted octanol–water partition coefficient (Wildman–Crippen LogP) is 1.63. The molecule has 0 saturated heterocycles. The number of nitrogens with one attached hydrogen (secondary N) is 1. The molecular formula is C9H17N3S. The third kappa shape index (κ3) is 4.33. The molecule has 13 heavy (non-hydrogen) atoms. The average molecular weight is 199 g/mol. The normalized spacial score (nSPS) is 11.1. The summed E-state index contributed by atoms with van der Waals surface area (Å²) in [4.78, 5) is 0. The summed E-state index contributed by atoms with van der Waals surface area (Å²) < 4.78 is 0. The smallest absolute Gasteiger partial charge is 0.118 e. The molecule has 0 aliphatic heterocycles. The molecule has 0 spiro atoms. The van der Waals surface area contributed by atoms with Crippen LogP contribution in [0.1, 0.15) is 23.9 Å². The molecule has 74 valence electrons. The third-order valence-electron chi connectivity index (χ3n) is 1.64. The van der Waals surface area contributed by atoms with Crippen LogP contribution in [0.2, 0.25) is 0 Å². The Hall–Kier alpha value is -0.480. The first-order valence-corrected chi connectivity index (χ1v) is 5.50. The van der Waals surface area contributed by atoms with E-state index in [-0.39, 0.29) is 0 Å². The summed E-state index contributed by atoms with van der Waals surface area (Å²) in [7, 11) is 0. The van der Waals surface area contributed by atoms with Gasteiger partial charge in [-0.15, -0.1) is 21.5 Å². The molecule has 1 rings (SSSR count). The second-order valence-corrected chi connectivity index (χ2v) is 4.83. The topological polar surface area (TPSA) is 37.8 Å². The maximum Gasteiger partial charge on any atom is 0.118 e. The molecule has 0 fully saturated rings. The molecule has 3 nitrogen and oxygen atoms in total. The first-order chi connectivity index (χ1) is 6.18. The fraction of sp³-hybridized carbons (Fsp3) is 0.778. The average Bonchev–Trinajstić information content (AvgIpc) is 2.45. The Morgan fingerprint density at radius 1 is 1.38 bits per heavy atom. The van der Waals surface area contributed by atoms with Crippen LogP contribution in [0.4, 0.5) is 0 Å². The van der Waals surface area contributed by atoms with Crippen molar-refractivity contribution in [1.29, 1.82) is 0 Å². The zero-order valence-electron chi connectivity index (χ0n) is 8.50. The first-order valence-electron chi connectivity index (χ1n) is 4.68. The van der Waals surface area contributed by atoms with Crippen LogP contribution in [0.25, 0.3) is 0 Å². The fourth-order valence-corrected chi connectivity index (χ4v) is 1.73. The van der Waals surface area contributed by atoms with Gasteiger partial charge >= 0.3 is 0 Å². The third-order valence-corrected chi connectivity index (χ3v) is 2.53. The van der Waals surface area contributed by atoms with Crippen LogP contribution in [0.3, 0.4) is 0 Å². The molecule has 0 amide bonds. The predicted molar refractivity (Wildman–Crippen MR) is 56.1 cm³/mol. The van der Waals surface area contributed by atoms with Crippen LogP contribution in [-0.4, -0.2) is 23.3 Å². The Labute approximate surface area is 83.6 Å². The molecule has 0 saturated carbocycles. The molecule has 1 heterocycles. The molecule has 1 aromatic rings. The van der Waals surface area contributed by atoms with E-state index in [9.17, 15) is 0 Å². The summed E-state index contributed by atoms with van der Waals surface area (Å²) in [6.45, 7) is 8.50. The van der Waals surface area contributed by atoms with Gasteiger partial charge in [0.25, 0.3) is 0 Å². The van der Waals surface area contributed by atoms with Gasteiger partial charge in [0.1, 0.15) is 10.0 Å². The summed E-state index contributed by atoms with van der Waals surface area (Å²) >= 11 is 1.68. The maximum atomic E-state index is 4.06. The summed E-state index contributed by atoms with van der Waals surface area (Å²) in [5.74, 6) is 0.719. The van der Waals surface area contributed by atoms with Crippen molar-refractivity contribution in [2.24, 2.45) is 5.92 Å². The minimum atomic E-state index is 0.719. The van der Waals surface area contributed by atoms with Crippen molar-refractivity contribution < 1.29 is 0 Å². The zero-order valence-corrected chi connectivity index (χ0v) is 9.32. The van der Waals surface area contributed by atoms with Gasteiger partial charge in [-0.3, -0.25) is 0 Å². The molecule has 0 aromatic carbocycles. The van der Waals surface area contributed by atoms with Gasteiger partial charge in [0.05, 0.1) is 0 Å². The highest BCUT2D eigenvalue weighted by Crippen LogP contribution is 2.07. The van der Waals surface area contributed by atoms with Crippen molar-refractivity contribution in [3.63, 3.8) is 0 Å². The lowest BCUT2D eigenvalue weighted by Crippen LogP contribution is -2.22. The monoisotopic (exact) mass is 199 g/mol. The van der Waals surface area contributed by atoms with Crippen molar-refractivity contribution in [3.8, 4) is 0 Å². The van der Waals surface area contributed by atoms with Crippen LogP contribution >= 0.6 is 11.3 Å². The molecule has 0 radical (unpaired) electrons. The van der Waals surface area contributed by atoms with Gasteiger partial charge in [-0.25, -0.2) is 0 Å². The van der Waals surface area contributed by atoms with E-state index in [1.54, 1.807) is 11.3 Å². The van der Waals surface area contributed by atoms with Gasteiger partial charge in [0.15, 0.2) is 0 Å². The number of hydrogen-bond donors (Lipinski definition) is 1. The summed E-state index contributed by atoms with van der Waals surface area (Å²) in [6.07, 6.45) is 0.998. The summed E-state index contributed by atoms with van der Waals surface area (Å²) in [6, 6.07) is 0. The van der Waals surface area contributed by atoms with E-state index in [2.05, 4.69) is 29.4 Å². The van der Waals surface area contributed by atoms with E-state index < -0.39 is 0 Å². The van der Waals surface area contributed by atoms with Gasteiger partial charge < -0.3 is 5.32 Å². The second kappa shape index (κ2) is 5.29. The highest BCUT2D eigenvalue weighted by atomic mass is 32.1. The largest absolute Gasteiger partial charge is 0.316 e. The standard InChI is InChI=1S/C9H17N3S/c1-7(2)6-10-5-4-9-12-11-8(3)13-9/h7,10H,4-6H2,1-3H3. The number of aromatic nitrogens is 2. The van der Waals surface area contributed by atoms with E-state index in [0.29, 0.717) is 0 Å². The molecule has 0 aliphatic carbocycles. The fourth-order valence-electron chi connectivity index (χ4n) is 1.02. The Kier molecular flexibility index (Phi) is 4.32. The van der Waals surface area contributed by atoms with E-state index in [4.69, 9.17) is 0 Å². The van der Waals surface area contributed by atoms with Gasteiger partial charge in [-0.2, -0.15) is 0 Å². The molecular weight excluding hydrogens is 182 g/mol. The lowest BCUT2D eigenvalue weighted by molar-refractivity contribution is 0.553. The molecule has 0 bridgehead atoms. The SMILES string of the molecule is Cc1nnc(CCNCC(C)C)s1. The molecule has 1 aromatic heterocycles. The number of rotatable bonds is 5. The lowest BCUT2D eigenvalue weighted by Gasteiger charge is -2.04. The second-order valence-electron chi connectivity index (χ2n) is 3.56. The Bertz CT molecular complexity index is 245. The van der Waals surface area contributed by atoms with Crippen molar-refractivity contribution in [2.45, 2.75) is 27.2 Å². The number of nitrogens with zero attached hydrogens (tertiary/aromatic N) is 2. The molecule has 0 atom stereocenters. The van der Waals surface area contributed by atoms with Crippen molar-refractivity contribution >= 4 is 11.3 Å². The quantitative estimate of drug-likeness (QED) is 0.733. The number of aryl methyl sites for hydroxylation is 1. The highest BCUT2D eigenvalue weighted by Gasteiger charge is 1.99. The van der Waals surface area contributed by atoms with Gasteiger partial charge in [0.2, 0.25) is 0 Å². The molecule has 4 heteroatoms. The number of hydrogen-bond acceptors (Lipinski definition) is 4. The Morgan fingerprint density at radius 2 is 2.15 bits per heavy atom. The summed E-state index contributed by atoms with van der Waals surface area (Å²) in [5.41, 5.74) is 0. The molecule has 1 N–H and O–H groups in total. The van der Waals surface area contributed by atoms with Crippen LogP contribution in [-0.2, 0) is 6.42 Å². The van der Waals surface area contributed by atoms with Crippen molar-refractivity contribution in [1.82, 2.24) is 15.5 Å². The van der Waals surface area contributed by atoms with Crippen molar-refractivity contribution in [2.75, 3.05) is 13.1 Å². The minimum absolute atomic E-state index is 0.719. The molecule has 0 unspecified atom stereocenters. The lowest BCUT2D eigenvalue weighted by atomic mass is 10.2. The van der Waals surface area contributed by atoms with E-state index in [1.807, 2.05) is 6.92 Å². The first kappa shape index (κ1) is 10.6. The maximum absolute atomic E-state index is 4.06.